The Labute approximate surface area is 181 Å². The quantitative estimate of drug-likeness (QED) is 0.483. The van der Waals surface area contributed by atoms with E-state index < -0.39 is 0 Å². The van der Waals surface area contributed by atoms with Crippen LogP contribution in [0.25, 0.3) is 27.8 Å². The molecule has 0 amide bonds. The van der Waals surface area contributed by atoms with Gasteiger partial charge in [0.25, 0.3) is 0 Å². The predicted octanol–water partition coefficient (Wildman–Crippen LogP) is 4.94. The summed E-state index contributed by atoms with van der Waals surface area (Å²) in [5.41, 5.74) is 8.30. The lowest BCUT2D eigenvalue weighted by Gasteiger charge is -2.18. The lowest BCUT2D eigenvalue weighted by molar-refractivity contribution is 0.391. The van der Waals surface area contributed by atoms with Crippen molar-refractivity contribution in [3.05, 3.63) is 64.7 Å². The van der Waals surface area contributed by atoms with Crippen LogP contribution in [0.15, 0.2) is 36.5 Å². The average molecular weight is 419 g/mol. The third-order valence-corrected chi connectivity index (χ3v) is 6.30. The van der Waals surface area contributed by atoms with Crippen molar-refractivity contribution in [1.82, 2.24) is 20.1 Å². The van der Waals surface area contributed by atoms with Crippen LogP contribution in [-0.2, 0) is 25.8 Å². The fourth-order valence-corrected chi connectivity index (χ4v) is 4.79. The highest BCUT2D eigenvalue weighted by Crippen LogP contribution is 2.40. The number of aryl methyl sites for hydroxylation is 2. The largest absolute Gasteiger partial charge is 0.492 e. The number of hydrogen-bond donors (Lipinski definition) is 2. The van der Waals surface area contributed by atoms with Gasteiger partial charge in [0.2, 0.25) is 0 Å². The molecule has 5 nitrogen and oxygen atoms in total. The summed E-state index contributed by atoms with van der Waals surface area (Å²) in [7, 11) is 1.50. The topological polar surface area (TPSA) is 54.9 Å². The molecule has 3 heterocycles. The first-order valence-corrected chi connectivity index (χ1v) is 10.9. The molecule has 2 aromatic carbocycles. The van der Waals surface area contributed by atoms with E-state index >= 15 is 4.39 Å². The minimum Gasteiger partial charge on any atom is -0.492 e. The van der Waals surface area contributed by atoms with Crippen LogP contribution in [-0.4, -0.2) is 28.4 Å². The van der Waals surface area contributed by atoms with E-state index in [0.717, 1.165) is 65.9 Å². The number of ether oxygens (including phenoxy) is 1. The van der Waals surface area contributed by atoms with Gasteiger partial charge < -0.3 is 15.0 Å². The molecule has 0 unspecified atom stereocenters. The molecule has 160 valence electrons. The number of methoxy groups -OCH3 is 1. The van der Waals surface area contributed by atoms with E-state index in [1.807, 2.05) is 12.3 Å². The number of nitrogens with one attached hydrogen (secondary N) is 2. The van der Waals surface area contributed by atoms with Gasteiger partial charge in [0, 0.05) is 42.2 Å². The van der Waals surface area contributed by atoms with Crippen molar-refractivity contribution in [2.24, 2.45) is 0 Å². The van der Waals surface area contributed by atoms with Gasteiger partial charge in [0.05, 0.1) is 29.7 Å². The summed E-state index contributed by atoms with van der Waals surface area (Å²) >= 11 is 0. The number of aromatic amines is 1. The van der Waals surface area contributed by atoms with Crippen molar-refractivity contribution < 1.29 is 9.13 Å². The normalized spacial score (nSPS) is 13.5. The molecule has 0 aliphatic carbocycles. The highest BCUT2D eigenvalue weighted by Gasteiger charge is 2.27. The summed E-state index contributed by atoms with van der Waals surface area (Å²) in [6, 6.07) is 10.0. The van der Waals surface area contributed by atoms with Crippen LogP contribution in [0.1, 0.15) is 36.2 Å². The smallest absolute Gasteiger partial charge is 0.178 e. The second-order valence-corrected chi connectivity index (χ2v) is 7.95. The van der Waals surface area contributed by atoms with Crippen molar-refractivity contribution in [1.29, 1.82) is 0 Å². The SMILES string of the molecule is CCc1cccc(CC)c1-n1nc2c(c1-c1cc(F)c(OC)c3[nH]ccc13)CNCC2. The van der Waals surface area contributed by atoms with E-state index in [0.29, 0.717) is 5.52 Å². The Morgan fingerprint density at radius 2 is 1.94 bits per heavy atom. The van der Waals surface area contributed by atoms with Gasteiger partial charge in [-0.25, -0.2) is 9.07 Å². The standard InChI is InChI=1S/C25H27FN4O/c1-4-15-7-6-8-16(5-2)23(15)30-24(19-14-27-11-10-21(19)29-30)18-13-20(26)25(31-3)22-17(18)9-12-28-22/h6-9,12-13,27-28H,4-5,10-11,14H2,1-3H3. The first-order chi connectivity index (χ1) is 15.2. The van der Waals surface area contributed by atoms with Crippen molar-refractivity contribution in [3.8, 4) is 22.7 Å². The molecule has 0 spiro atoms. The minimum absolute atomic E-state index is 0.241. The van der Waals surface area contributed by atoms with Gasteiger partial charge in [-0.15, -0.1) is 0 Å². The van der Waals surface area contributed by atoms with Crippen molar-refractivity contribution in [2.75, 3.05) is 13.7 Å². The maximum absolute atomic E-state index is 15.1. The fourth-order valence-electron chi connectivity index (χ4n) is 4.79. The Bertz CT molecular complexity index is 1250. The summed E-state index contributed by atoms with van der Waals surface area (Å²) in [4.78, 5) is 3.16. The second-order valence-electron chi connectivity index (χ2n) is 7.95. The number of nitrogens with zero attached hydrogens (tertiary/aromatic N) is 2. The molecule has 1 aliphatic rings. The molecule has 0 fully saturated rings. The lowest BCUT2D eigenvalue weighted by atomic mass is 9.97. The molecule has 1 aliphatic heterocycles. The summed E-state index contributed by atoms with van der Waals surface area (Å²) < 4.78 is 22.5. The highest BCUT2D eigenvalue weighted by molar-refractivity contribution is 5.99. The van der Waals surface area contributed by atoms with E-state index in [1.54, 1.807) is 6.07 Å². The number of fused-ring (bicyclic) bond motifs is 2. The summed E-state index contributed by atoms with van der Waals surface area (Å²) in [5.74, 6) is -0.137. The monoisotopic (exact) mass is 418 g/mol. The molecule has 0 saturated heterocycles. The molecule has 0 atom stereocenters. The van der Waals surface area contributed by atoms with E-state index in [2.05, 4.69) is 47.0 Å². The van der Waals surface area contributed by atoms with Crippen molar-refractivity contribution in [2.45, 2.75) is 39.7 Å². The van der Waals surface area contributed by atoms with Gasteiger partial charge in [-0.3, -0.25) is 0 Å². The van der Waals surface area contributed by atoms with Crippen LogP contribution in [0.2, 0.25) is 0 Å². The zero-order valence-corrected chi connectivity index (χ0v) is 18.2. The summed E-state index contributed by atoms with van der Waals surface area (Å²) in [6.07, 6.45) is 4.50. The summed E-state index contributed by atoms with van der Waals surface area (Å²) in [5, 5.41) is 9.49. The molecule has 2 aromatic heterocycles. The van der Waals surface area contributed by atoms with Crippen LogP contribution in [0, 0.1) is 5.82 Å². The van der Waals surface area contributed by atoms with Crippen molar-refractivity contribution in [3.63, 3.8) is 0 Å². The minimum atomic E-state index is -0.378. The van der Waals surface area contributed by atoms with Crippen LogP contribution in [0.5, 0.6) is 5.75 Å². The van der Waals surface area contributed by atoms with Gasteiger partial charge in [-0.2, -0.15) is 5.10 Å². The van der Waals surface area contributed by atoms with Crippen LogP contribution in [0.4, 0.5) is 4.39 Å². The van der Waals surface area contributed by atoms with E-state index in [1.165, 1.54) is 18.2 Å². The highest BCUT2D eigenvalue weighted by atomic mass is 19.1. The van der Waals surface area contributed by atoms with Crippen LogP contribution >= 0.6 is 0 Å². The molecule has 2 N–H and O–H groups in total. The second kappa shape index (κ2) is 7.85. The number of benzene rings is 2. The zero-order valence-electron chi connectivity index (χ0n) is 18.2. The molecular weight excluding hydrogens is 391 g/mol. The van der Waals surface area contributed by atoms with Crippen LogP contribution < -0.4 is 10.1 Å². The molecule has 0 bridgehead atoms. The number of para-hydroxylation sites is 1. The number of hydrogen-bond acceptors (Lipinski definition) is 3. The van der Waals surface area contributed by atoms with Gasteiger partial charge in [-0.05, 0) is 36.1 Å². The molecule has 6 heteroatoms. The van der Waals surface area contributed by atoms with Crippen LogP contribution in [0.3, 0.4) is 0 Å². The number of rotatable bonds is 5. The van der Waals surface area contributed by atoms with Gasteiger partial charge in [0.1, 0.15) is 0 Å². The van der Waals surface area contributed by atoms with E-state index in [4.69, 9.17) is 9.84 Å². The Morgan fingerprint density at radius 3 is 2.65 bits per heavy atom. The van der Waals surface area contributed by atoms with E-state index in [-0.39, 0.29) is 11.6 Å². The third-order valence-electron chi connectivity index (χ3n) is 6.30. The number of aromatic nitrogens is 3. The molecule has 0 saturated carbocycles. The Hall–Kier alpha value is -3.12. The van der Waals surface area contributed by atoms with Gasteiger partial charge in [-0.1, -0.05) is 32.0 Å². The third kappa shape index (κ3) is 3.05. The van der Waals surface area contributed by atoms with E-state index in [9.17, 15) is 0 Å². The number of halogens is 1. The average Bonchev–Trinajstić information content (AvgIpc) is 3.43. The molecule has 0 radical (unpaired) electrons. The molecule has 5 rings (SSSR count). The summed E-state index contributed by atoms with van der Waals surface area (Å²) in [6.45, 7) is 5.96. The predicted molar refractivity (Wildman–Crippen MR) is 122 cm³/mol. The first kappa shape index (κ1) is 19.8. The number of H-pyrrole nitrogens is 1. The Kier molecular flexibility index (Phi) is 5.02. The maximum atomic E-state index is 15.1. The molecule has 31 heavy (non-hydrogen) atoms. The van der Waals surface area contributed by atoms with Gasteiger partial charge >= 0.3 is 0 Å². The fraction of sp³-hybridized carbons (Fsp3) is 0.320. The lowest BCUT2D eigenvalue weighted by Crippen LogP contribution is -2.23. The van der Waals surface area contributed by atoms with Crippen molar-refractivity contribution >= 4 is 10.9 Å². The van der Waals surface area contributed by atoms with Gasteiger partial charge in [0.15, 0.2) is 11.6 Å². The molecular formula is C25H27FN4O. The first-order valence-electron chi connectivity index (χ1n) is 10.9. The Balaban J connectivity index is 1.88. The Morgan fingerprint density at radius 1 is 1.16 bits per heavy atom. The zero-order chi connectivity index (χ0) is 21.5. The molecule has 4 aromatic rings. The maximum Gasteiger partial charge on any atom is 0.178 e.